The van der Waals surface area contributed by atoms with E-state index >= 15 is 0 Å². The van der Waals surface area contributed by atoms with Crippen LogP contribution in [0.1, 0.15) is 11.4 Å². The van der Waals surface area contributed by atoms with Crippen LogP contribution in [-0.2, 0) is 13.1 Å². The molecule has 1 N–H and O–H groups in total. The van der Waals surface area contributed by atoms with Crippen LogP contribution in [0.2, 0.25) is 0 Å². The van der Waals surface area contributed by atoms with Gasteiger partial charge in [-0.2, -0.15) is 0 Å². The third-order valence-electron chi connectivity index (χ3n) is 5.09. The molecular formula is C30H23Cl2FeN3O2. The van der Waals surface area contributed by atoms with Gasteiger partial charge in [0.05, 0.1) is 23.8 Å². The summed E-state index contributed by atoms with van der Waals surface area (Å²) in [7, 11) is 9.53. The average Bonchev–Trinajstić information content (AvgIpc) is 3.41. The van der Waals surface area contributed by atoms with Crippen LogP contribution in [0.4, 0.5) is 11.4 Å². The topological polar surface area (TPSA) is 59.0 Å². The molecule has 38 heavy (non-hydrogen) atoms. The van der Waals surface area contributed by atoms with Crippen molar-refractivity contribution in [3.8, 4) is 23.0 Å². The standard InChI is InChI=1S/C30H23N3O2.2ClH.Fe/c1-3-11-25(12-4-1)34-29-17-9-7-15-27(29)31-21-23-19-20-24(33-23)22-32-28-16-8-10-18-30(28)35-26-13-5-2-6-14-26;;;/h1-22,33H;2*1H;/q;;;+2/p-2. The van der Waals surface area contributed by atoms with E-state index in [9.17, 15) is 0 Å². The minimum absolute atomic E-state index is 0.194. The van der Waals surface area contributed by atoms with Crippen molar-refractivity contribution < 1.29 is 22.6 Å². The van der Waals surface area contributed by atoms with Gasteiger partial charge in [-0.3, -0.25) is 9.98 Å². The molecule has 0 spiro atoms. The molecule has 0 amide bonds. The molecular weight excluding hydrogens is 561 g/mol. The van der Waals surface area contributed by atoms with Gasteiger partial charge >= 0.3 is 33.3 Å². The number of aromatic amines is 1. The molecule has 0 aliphatic rings. The first-order valence-electron chi connectivity index (χ1n) is 11.5. The van der Waals surface area contributed by atoms with E-state index < -0.39 is 0 Å². The maximum absolute atomic E-state index is 5.99. The van der Waals surface area contributed by atoms with E-state index in [-0.39, 0.29) is 13.1 Å². The van der Waals surface area contributed by atoms with Gasteiger partial charge in [0.2, 0.25) is 0 Å². The van der Waals surface area contributed by atoms with Gasteiger partial charge in [-0.25, -0.2) is 0 Å². The number of halogens is 2. The molecule has 0 aliphatic carbocycles. The van der Waals surface area contributed by atoms with E-state index in [1.54, 1.807) is 12.4 Å². The summed E-state index contributed by atoms with van der Waals surface area (Å²) in [5.74, 6) is 2.92. The Kier molecular flexibility index (Phi) is 10.6. The second-order valence-corrected chi connectivity index (χ2v) is 9.53. The van der Waals surface area contributed by atoms with E-state index in [0.717, 1.165) is 34.3 Å². The number of nitrogens with zero attached hydrogens (tertiary/aromatic N) is 2. The Balaban J connectivity index is 0.00000107. The number of aliphatic imine (C=N–C) groups is 2. The summed E-state index contributed by atoms with van der Waals surface area (Å²) in [6.07, 6.45) is 3.55. The first-order chi connectivity index (χ1) is 18.7. The number of hydrogen-bond donors (Lipinski definition) is 1. The molecule has 5 nitrogen and oxygen atoms in total. The Morgan fingerprint density at radius 3 is 1.32 bits per heavy atom. The number of rotatable bonds is 8. The van der Waals surface area contributed by atoms with Gasteiger partial charge in [0, 0.05) is 0 Å². The van der Waals surface area contributed by atoms with Gasteiger partial charge in [0.1, 0.15) is 22.9 Å². The Hall–Kier alpha value is -3.80. The van der Waals surface area contributed by atoms with Crippen molar-refractivity contribution in [3.63, 3.8) is 0 Å². The van der Waals surface area contributed by atoms with Crippen LogP contribution < -0.4 is 9.47 Å². The van der Waals surface area contributed by atoms with Crippen molar-refractivity contribution in [2.75, 3.05) is 0 Å². The number of benzene rings is 4. The Morgan fingerprint density at radius 1 is 0.526 bits per heavy atom. The Bertz CT molecular complexity index is 1370. The molecule has 192 valence electrons. The summed E-state index contributed by atoms with van der Waals surface area (Å²) in [6, 6.07) is 38.6. The molecule has 0 saturated carbocycles. The zero-order valence-corrected chi connectivity index (χ0v) is 22.6. The Morgan fingerprint density at radius 2 is 0.895 bits per heavy atom. The summed E-state index contributed by atoms with van der Waals surface area (Å²) in [5, 5.41) is 0. The number of aromatic nitrogens is 1. The van der Waals surface area contributed by atoms with Crippen molar-refractivity contribution in [2.24, 2.45) is 9.98 Å². The van der Waals surface area contributed by atoms with Crippen LogP contribution in [-0.4, -0.2) is 17.4 Å². The molecule has 5 rings (SSSR count). The van der Waals surface area contributed by atoms with Gasteiger partial charge in [-0.05, 0) is 60.7 Å². The van der Waals surface area contributed by atoms with Crippen molar-refractivity contribution >= 4 is 44.0 Å². The van der Waals surface area contributed by atoms with E-state index in [0.29, 0.717) is 11.5 Å². The molecule has 5 aromatic rings. The fraction of sp³-hybridized carbons (Fsp3) is 0. The number of para-hydroxylation sites is 6. The normalized spacial score (nSPS) is 10.9. The summed E-state index contributed by atoms with van der Waals surface area (Å²) < 4.78 is 12.0. The number of H-pyrrole nitrogens is 1. The molecule has 4 aromatic carbocycles. The molecule has 0 saturated heterocycles. The minimum atomic E-state index is 0.194. The van der Waals surface area contributed by atoms with Crippen LogP contribution in [0.25, 0.3) is 0 Å². The third-order valence-corrected chi connectivity index (χ3v) is 5.09. The quantitative estimate of drug-likeness (QED) is 0.146. The van der Waals surface area contributed by atoms with Crippen molar-refractivity contribution in [1.82, 2.24) is 4.98 Å². The number of hydrogen-bond acceptors (Lipinski definition) is 4. The fourth-order valence-electron chi connectivity index (χ4n) is 3.39. The predicted octanol–water partition coefficient (Wildman–Crippen LogP) is 9.48. The van der Waals surface area contributed by atoms with Crippen LogP contribution in [0, 0.1) is 0 Å². The molecule has 0 bridgehead atoms. The monoisotopic (exact) mass is 583 g/mol. The average molecular weight is 584 g/mol. The molecule has 1 aromatic heterocycles. The van der Waals surface area contributed by atoms with Crippen molar-refractivity contribution in [2.45, 2.75) is 0 Å². The molecule has 1 heterocycles. The van der Waals surface area contributed by atoms with Crippen LogP contribution >= 0.6 is 20.2 Å². The van der Waals surface area contributed by atoms with E-state index in [1.807, 2.05) is 121 Å². The fourth-order valence-corrected chi connectivity index (χ4v) is 3.39. The predicted molar refractivity (Wildman–Crippen MR) is 153 cm³/mol. The number of ether oxygens (including phenoxy) is 2. The van der Waals surface area contributed by atoms with Gasteiger partial charge in [0.25, 0.3) is 0 Å². The van der Waals surface area contributed by atoms with E-state index in [2.05, 4.69) is 15.0 Å². The first-order valence-corrected chi connectivity index (χ1v) is 14.6. The molecule has 0 fully saturated rings. The second kappa shape index (κ2) is 14.8. The van der Waals surface area contributed by atoms with Crippen molar-refractivity contribution in [1.29, 1.82) is 0 Å². The SMILES string of the molecule is C(=Nc1ccccc1Oc1ccccc1)c1ccc(C=Nc2ccccc2Oc2ccccc2)[nH]1.[Cl][Fe][Cl]. The van der Waals surface area contributed by atoms with Gasteiger partial charge in [-0.15, -0.1) is 0 Å². The number of nitrogens with one attached hydrogen (secondary N) is 1. The third kappa shape index (κ3) is 8.37. The molecule has 0 atom stereocenters. The van der Waals surface area contributed by atoms with Gasteiger partial charge < -0.3 is 14.5 Å². The Labute approximate surface area is 236 Å². The molecule has 0 unspecified atom stereocenters. The molecule has 0 aliphatic heterocycles. The van der Waals surface area contributed by atoms with Crippen molar-refractivity contribution in [3.05, 3.63) is 133 Å². The van der Waals surface area contributed by atoms with Crippen LogP contribution in [0.5, 0.6) is 23.0 Å². The summed E-state index contributed by atoms with van der Waals surface area (Å²) >= 11 is 0.194. The molecule has 0 radical (unpaired) electrons. The van der Waals surface area contributed by atoms with Crippen LogP contribution in [0.3, 0.4) is 0 Å². The first kappa shape index (κ1) is 27.2. The summed E-state index contributed by atoms with van der Waals surface area (Å²) in [4.78, 5) is 12.6. The van der Waals surface area contributed by atoms with E-state index in [1.165, 1.54) is 0 Å². The zero-order valence-electron chi connectivity index (χ0n) is 20.0. The second-order valence-electron chi connectivity index (χ2n) is 7.70. The summed E-state index contributed by atoms with van der Waals surface area (Å²) in [5.41, 5.74) is 3.20. The summed E-state index contributed by atoms with van der Waals surface area (Å²) in [6.45, 7) is 0. The maximum atomic E-state index is 5.99. The van der Waals surface area contributed by atoms with Gasteiger partial charge in [-0.1, -0.05) is 60.7 Å². The van der Waals surface area contributed by atoms with E-state index in [4.69, 9.17) is 29.7 Å². The van der Waals surface area contributed by atoms with Gasteiger partial charge in [0.15, 0.2) is 11.5 Å². The zero-order chi connectivity index (χ0) is 26.4. The molecule has 8 heteroatoms. The van der Waals surface area contributed by atoms with Crippen LogP contribution in [0.15, 0.2) is 131 Å².